The van der Waals surface area contributed by atoms with Crippen molar-refractivity contribution in [1.82, 2.24) is 10.4 Å². The molecule has 0 fully saturated rings. The number of fused-ring (bicyclic) bond motifs is 1. The van der Waals surface area contributed by atoms with E-state index in [-0.39, 0.29) is 11.9 Å². The van der Waals surface area contributed by atoms with Crippen molar-refractivity contribution in [2.45, 2.75) is 6.04 Å². The monoisotopic (exact) mass is 301 g/mol. The Labute approximate surface area is 126 Å². The summed E-state index contributed by atoms with van der Waals surface area (Å²) in [5, 5.41) is 1.38. The highest BCUT2D eigenvalue weighted by molar-refractivity contribution is 6.31. The molecule has 0 bridgehead atoms. The Bertz CT molecular complexity index is 791. The fourth-order valence-electron chi connectivity index (χ4n) is 2.36. The molecule has 3 nitrogen and oxygen atoms in total. The highest BCUT2D eigenvalue weighted by Gasteiger charge is 2.16. The van der Waals surface area contributed by atoms with Crippen LogP contribution in [0.1, 0.15) is 17.2 Å². The van der Waals surface area contributed by atoms with Crippen molar-refractivity contribution in [2.24, 2.45) is 5.84 Å². The summed E-state index contributed by atoms with van der Waals surface area (Å²) in [7, 11) is 0. The summed E-state index contributed by atoms with van der Waals surface area (Å²) in [6, 6.07) is 13.7. The summed E-state index contributed by atoms with van der Waals surface area (Å²) >= 11 is 6.12. The number of rotatable bonds is 3. The first-order chi connectivity index (χ1) is 10.2. The van der Waals surface area contributed by atoms with Crippen molar-refractivity contribution in [3.05, 3.63) is 76.7 Å². The van der Waals surface area contributed by atoms with E-state index < -0.39 is 0 Å². The summed E-state index contributed by atoms with van der Waals surface area (Å²) in [5.74, 6) is 5.29. The van der Waals surface area contributed by atoms with Crippen molar-refractivity contribution < 1.29 is 4.39 Å². The fraction of sp³-hybridized carbons (Fsp3) is 0.0625. The lowest BCUT2D eigenvalue weighted by Gasteiger charge is -2.18. The van der Waals surface area contributed by atoms with Gasteiger partial charge in [-0.3, -0.25) is 10.8 Å². The van der Waals surface area contributed by atoms with Gasteiger partial charge in [-0.2, -0.15) is 0 Å². The van der Waals surface area contributed by atoms with E-state index >= 15 is 0 Å². The quantitative estimate of drug-likeness (QED) is 0.574. The largest absolute Gasteiger partial charge is 0.271 e. The fourth-order valence-corrected chi connectivity index (χ4v) is 2.64. The van der Waals surface area contributed by atoms with Crippen LogP contribution in [0.2, 0.25) is 5.02 Å². The zero-order chi connectivity index (χ0) is 14.8. The van der Waals surface area contributed by atoms with Crippen LogP contribution in [0.25, 0.3) is 10.9 Å². The predicted octanol–water partition coefficient (Wildman–Crippen LogP) is 3.58. The van der Waals surface area contributed by atoms with E-state index in [2.05, 4.69) is 10.4 Å². The van der Waals surface area contributed by atoms with Crippen molar-refractivity contribution in [3.8, 4) is 0 Å². The van der Waals surface area contributed by atoms with Crippen molar-refractivity contribution >= 4 is 22.5 Å². The van der Waals surface area contributed by atoms with Gasteiger partial charge in [-0.1, -0.05) is 35.9 Å². The van der Waals surface area contributed by atoms with E-state index in [0.29, 0.717) is 5.02 Å². The van der Waals surface area contributed by atoms with Gasteiger partial charge in [-0.15, -0.1) is 0 Å². The van der Waals surface area contributed by atoms with Crippen molar-refractivity contribution in [1.29, 1.82) is 0 Å². The third kappa shape index (κ3) is 2.74. The Morgan fingerprint density at radius 1 is 1.14 bits per heavy atom. The standard InChI is InChI=1S/C16H13ClFN3/c17-14-9-12(18)5-6-13(14)16(21-19)11-4-3-10-2-1-7-20-15(10)8-11/h1-9,16,21H,19H2. The lowest BCUT2D eigenvalue weighted by molar-refractivity contribution is 0.616. The molecule has 1 aromatic heterocycles. The smallest absolute Gasteiger partial charge is 0.124 e. The van der Waals surface area contributed by atoms with Crippen LogP contribution in [-0.4, -0.2) is 4.98 Å². The van der Waals surface area contributed by atoms with Gasteiger partial charge < -0.3 is 0 Å². The highest BCUT2D eigenvalue weighted by Crippen LogP contribution is 2.29. The number of hydrogen-bond acceptors (Lipinski definition) is 3. The van der Waals surface area contributed by atoms with Gasteiger partial charge in [0.05, 0.1) is 11.6 Å². The van der Waals surface area contributed by atoms with Crippen LogP contribution in [0.15, 0.2) is 54.7 Å². The van der Waals surface area contributed by atoms with Crippen LogP contribution < -0.4 is 11.3 Å². The number of nitrogens with zero attached hydrogens (tertiary/aromatic N) is 1. The van der Waals surface area contributed by atoms with Gasteiger partial charge in [-0.05, 0) is 35.4 Å². The maximum absolute atomic E-state index is 13.2. The average Bonchev–Trinajstić information content (AvgIpc) is 2.50. The van der Waals surface area contributed by atoms with Gasteiger partial charge >= 0.3 is 0 Å². The number of hydrazine groups is 1. The molecular weight excluding hydrogens is 289 g/mol. The lowest BCUT2D eigenvalue weighted by Crippen LogP contribution is -2.29. The summed E-state index contributed by atoms with van der Waals surface area (Å²) in [6.07, 6.45) is 1.74. The number of benzene rings is 2. The summed E-state index contributed by atoms with van der Waals surface area (Å²) in [5.41, 5.74) is 5.23. The molecule has 0 spiro atoms. The topological polar surface area (TPSA) is 50.9 Å². The third-order valence-electron chi connectivity index (χ3n) is 3.40. The molecule has 1 heterocycles. The van der Waals surface area contributed by atoms with Crippen LogP contribution in [-0.2, 0) is 0 Å². The number of nitrogens with two attached hydrogens (primary N) is 1. The first kappa shape index (κ1) is 13.9. The van der Waals surface area contributed by atoms with Crippen LogP contribution in [0.4, 0.5) is 4.39 Å². The van der Waals surface area contributed by atoms with Gasteiger partial charge in [0.2, 0.25) is 0 Å². The molecule has 2 aromatic carbocycles. The highest BCUT2D eigenvalue weighted by atomic mass is 35.5. The van der Waals surface area contributed by atoms with Gasteiger partial charge in [0, 0.05) is 16.6 Å². The Hall–Kier alpha value is -2.01. The maximum atomic E-state index is 13.2. The van der Waals surface area contributed by atoms with Gasteiger partial charge in [0.15, 0.2) is 0 Å². The number of pyridine rings is 1. The second-order valence-electron chi connectivity index (χ2n) is 4.72. The van der Waals surface area contributed by atoms with E-state index in [1.807, 2.05) is 30.3 Å². The number of nitrogens with one attached hydrogen (secondary N) is 1. The Morgan fingerprint density at radius 2 is 2.00 bits per heavy atom. The van der Waals surface area contributed by atoms with E-state index in [1.54, 1.807) is 12.3 Å². The van der Waals surface area contributed by atoms with E-state index in [0.717, 1.165) is 22.0 Å². The molecule has 3 N–H and O–H groups in total. The Balaban J connectivity index is 2.09. The predicted molar refractivity (Wildman–Crippen MR) is 82.3 cm³/mol. The minimum absolute atomic E-state index is 0.329. The minimum atomic E-state index is -0.375. The van der Waals surface area contributed by atoms with E-state index in [4.69, 9.17) is 17.4 Å². The number of aromatic nitrogens is 1. The van der Waals surface area contributed by atoms with Gasteiger partial charge in [-0.25, -0.2) is 9.82 Å². The molecular formula is C16H13ClFN3. The van der Waals surface area contributed by atoms with Gasteiger partial charge in [0.1, 0.15) is 5.82 Å². The molecule has 0 aliphatic heterocycles. The van der Waals surface area contributed by atoms with E-state index in [9.17, 15) is 4.39 Å². The average molecular weight is 302 g/mol. The summed E-state index contributed by atoms with van der Waals surface area (Å²) in [6.45, 7) is 0. The molecule has 21 heavy (non-hydrogen) atoms. The Kier molecular flexibility index (Phi) is 3.84. The molecule has 0 amide bonds. The summed E-state index contributed by atoms with van der Waals surface area (Å²) < 4.78 is 13.2. The van der Waals surface area contributed by atoms with Crippen LogP contribution in [0.3, 0.4) is 0 Å². The second kappa shape index (κ2) is 5.77. The normalized spacial score (nSPS) is 12.5. The molecule has 0 saturated heterocycles. The van der Waals surface area contributed by atoms with E-state index in [1.165, 1.54) is 12.1 Å². The first-order valence-electron chi connectivity index (χ1n) is 6.45. The van der Waals surface area contributed by atoms with Crippen molar-refractivity contribution in [3.63, 3.8) is 0 Å². The van der Waals surface area contributed by atoms with Gasteiger partial charge in [0.25, 0.3) is 0 Å². The molecule has 1 atom stereocenters. The molecule has 0 aliphatic carbocycles. The van der Waals surface area contributed by atoms with Crippen LogP contribution >= 0.6 is 11.6 Å². The zero-order valence-electron chi connectivity index (χ0n) is 11.1. The van der Waals surface area contributed by atoms with Crippen molar-refractivity contribution in [2.75, 3.05) is 0 Å². The number of hydrogen-bond donors (Lipinski definition) is 2. The lowest BCUT2D eigenvalue weighted by atomic mass is 9.98. The molecule has 3 aromatic rings. The molecule has 0 aliphatic rings. The Morgan fingerprint density at radius 3 is 2.76 bits per heavy atom. The second-order valence-corrected chi connectivity index (χ2v) is 5.13. The first-order valence-corrected chi connectivity index (χ1v) is 6.82. The zero-order valence-corrected chi connectivity index (χ0v) is 11.8. The maximum Gasteiger partial charge on any atom is 0.124 e. The third-order valence-corrected chi connectivity index (χ3v) is 3.73. The number of halogens is 2. The molecule has 3 rings (SSSR count). The molecule has 0 radical (unpaired) electrons. The SMILES string of the molecule is NNC(c1ccc2cccnc2c1)c1ccc(F)cc1Cl. The molecule has 1 unspecified atom stereocenters. The summed E-state index contributed by atoms with van der Waals surface area (Å²) in [4.78, 5) is 4.33. The molecule has 0 saturated carbocycles. The molecule has 106 valence electrons. The van der Waals surface area contributed by atoms with Crippen LogP contribution in [0.5, 0.6) is 0 Å². The van der Waals surface area contributed by atoms with Crippen LogP contribution in [0, 0.1) is 5.82 Å². The molecule has 5 heteroatoms. The minimum Gasteiger partial charge on any atom is -0.271 e.